The van der Waals surface area contributed by atoms with Crippen LogP contribution in [-0.4, -0.2) is 41.4 Å². The normalized spacial score (nSPS) is 38.6. The van der Waals surface area contributed by atoms with E-state index in [4.69, 9.17) is 9.47 Å². The van der Waals surface area contributed by atoms with Gasteiger partial charge in [-0.25, -0.2) is 0 Å². The molecule has 1 saturated heterocycles. The molecule has 0 aromatic rings. The molecule has 0 aliphatic carbocycles. The monoisotopic (exact) mass is 204 g/mol. The van der Waals surface area contributed by atoms with Gasteiger partial charge in [-0.2, -0.15) is 0 Å². The maximum atomic E-state index is 9.47. The fourth-order valence-corrected chi connectivity index (χ4v) is 1.49. The van der Waals surface area contributed by atoms with Crippen LogP contribution in [0.3, 0.4) is 0 Å². The highest BCUT2D eigenvalue weighted by atomic mass is 16.7. The summed E-state index contributed by atoms with van der Waals surface area (Å²) in [5, 5.41) is 18.9. The maximum Gasteiger partial charge on any atom is 0.160 e. The predicted molar refractivity (Wildman–Crippen MR) is 51.8 cm³/mol. The van der Waals surface area contributed by atoms with Gasteiger partial charge in [-0.15, -0.1) is 0 Å². The van der Waals surface area contributed by atoms with E-state index in [9.17, 15) is 10.2 Å². The summed E-state index contributed by atoms with van der Waals surface area (Å²) in [6.07, 6.45) is 0.182. The lowest BCUT2D eigenvalue weighted by Gasteiger charge is -2.35. The molecule has 4 heteroatoms. The first kappa shape index (κ1) is 11.9. The molecular formula is C10H20O4. The minimum atomic E-state index is -0.791. The van der Waals surface area contributed by atoms with E-state index in [1.165, 1.54) is 0 Å². The Bertz CT molecular complexity index is 150. The first-order valence-corrected chi connectivity index (χ1v) is 5.28. The quantitative estimate of drug-likeness (QED) is 0.660. The van der Waals surface area contributed by atoms with Crippen LogP contribution in [0.5, 0.6) is 0 Å². The third-order valence-electron chi connectivity index (χ3n) is 2.48. The highest BCUT2D eigenvalue weighted by molar-refractivity contribution is 4.79. The molecule has 0 radical (unpaired) electrons. The van der Waals surface area contributed by atoms with Crippen molar-refractivity contribution in [1.82, 2.24) is 0 Å². The molecule has 2 N–H and O–H groups in total. The minimum absolute atomic E-state index is 0.356. The van der Waals surface area contributed by atoms with E-state index < -0.39 is 12.2 Å². The molecule has 1 fully saturated rings. The van der Waals surface area contributed by atoms with Crippen LogP contribution >= 0.6 is 0 Å². The topological polar surface area (TPSA) is 58.9 Å². The van der Waals surface area contributed by atoms with Gasteiger partial charge in [-0.1, -0.05) is 13.3 Å². The molecule has 14 heavy (non-hydrogen) atoms. The Morgan fingerprint density at radius 1 is 1.43 bits per heavy atom. The van der Waals surface area contributed by atoms with Crippen LogP contribution in [-0.2, 0) is 9.47 Å². The van der Waals surface area contributed by atoms with Crippen molar-refractivity contribution in [3.63, 3.8) is 0 Å². The van der Waals surface area contributed by atoms with E-state index in [1.807, 2.05) is 0 Å². The largest absolute Gasteiger partial charge is 0.390 e. The summed E-state index contributed by atoms with van der Waals surface area (Å²) in [6, 6.07) is 0. The van der Waals surface area contributed by atoms with Crippen molar-refractivity contribution < 1.29 is 19.7 Å². The number of unbranched alkanes of at least 4 members (excludes halogenated alkanes) is 1. The molecule has 0 unspecified atom stereocenters. The van der Waals surface area contributed by atoms with Gasteiger partial charge in [0.1, 0.15) is 6.10 Å². The van der Waals surface area contributed by atoms with Gasteiger partial charge in [0.2, 0.25) is 0 Å². The summed E-state index contributed by atoms with van der Waals surface area (Å²) in [4.78, 5) is 0. The van der Waals surface area contributed by atoms with E-state index >= 15 is 0 Å². The summed E-state index contributed by atoms with van der Waals surface area (Å²) in [5.74, 6) is 0. The average Bonchev–Trinajstić information content (AvgIpc) is 2.14. The van der Waals surface area contributed by atoms with Gasteiger partial charge >= 0.3 is 0 Å². The molecule has 0 spiro atoms. The first-order valence-electron chi connectivity index (χ1n) is 5.28. The van der Waals surface area contributed by atoms with Gasteiger partial charge in [0.05, 0.1) is 12.2 Å². The van der Waals surface area contributed by atoms with Gasteiger partial charge in [0, 0.05) is 13.0 Å². The molecule has 0 aromatic carbocycles. The van der Waals surface area contributed by atoms with Gasteiger partial charge in [-0.05, 0) is 13.3 Å². The highest BCUT2D eigenvalue weighted by Gasteiger charge is 2.34. The minimum Gasteiger partial charge on any atom is -0.390 e. The van der Waals surface area contributed by atoms with Crippen molar-refractivity contribution in [3.8, 4) is 0 Å². The van der Waals surface area contributed by atoms with Crippen LogP contribution in [0.25, 0.3) is 0 Å². The second-order valence-corrected chi connectivity index (χ2v) is 3.79. The van der Waals surface area contributed by atoms with E-state index in [0.717, 1.165) is 12.8 Å². The van der Waals surface area contributed by atoms with Crippen LogP contribution in [0.1, 0.15) is 33.1 Å². The smallest absolute Gasteiger partial charge is 0.160 e. The summed E-state index contributed by atoms with van der Waals surface area (Å²) >= 11 is 0. The predicted octanol–water partition coefficient (Wildman–Crippen LogP) is 0.660. The second-order valence-electron chi connectivity index (χ2n) is 3.79. The van der Waals surface area contributed by atoms with Gasteiger partial charge in [-0.3, -0.25) is 0 Å². The van der Waals surface area contributed by atoms with Crippen LogP contribution in [0.2, 0.25) is 0 Å². The third kappa shape index (κ3) is 3.20. The van der Waals surface area contributed by atoms with Gasteiger partial charge in [0.25, 0.3) is 0 Å². The Labute approximate surface area is 84.8 Å². The van der Waals surface area contributed by atoms with Crippen LogP contribution in [0.4, 0.5) is 0 Å². The summed E-state index contributed by atoms with van der Waals surface area (Å²) in [7, 11) is 0. The Hall–Kier alpha value is -0.160. The van der Waals surface area contributed by atoms with Crippen LogP contribution in [0, 0.1) is 0 Å². The van der Waals surface area contributed by atoms with Crippen molar-refractivity contribution in [2.75, 3.05) is 6.61 Å². The zero-order valence-corrected chi connectivity index (χ0v) is 8.85. The molecule has 0 amide bonds. The van der Waals surface area contributed by atoms with Crippen LogP contribution in [0.15, 0.2) is 0 Å². The molecule has 4 atom stereocenters. The first-order chi connectivity index (χ1) is 6.65. The van der Waals surface area contributed by atoms with Crippen molar-refractivity contribution in [3.05, 3.63) is 0 Å². The standard InChI is InChI=1S/C10H20O4/c1-3-4-5-13-9-6-8(11)10(12)7(2)14-9/h7-12H,3-6H2,1-2H3/t7-,8-,9-,10+/m0/s1. The Morgan fingerprint density at radius 2 is 2.14 bits per heavy atom. The summed E-state index contributed by atoms with van der Waals surface area (Å²) in [6.45, 7) is 4.48. The Kier molecular flexibility index (Phi) is 4.81. The third-order valence-corrected chi connectivity index (χ3v) is 2.48. The lowest BCUT2D eigenvalue weighted by molar-refractivity contribution is -0.245. The van der Waals surface area contributed by atoms with Crippen molar-refractivity contribution in [2.24, 2.45) is 0 Å². The maximum absolute atomic E-state index is 9.47. The number of aliphatic hydroxyl groups is 2. The number of ether oxygens (including phenoxy) is 2. The average molecular weight is 204 g/mol. The molecule has 0 bridgehead atoms. The SMILES string of the molecule is CCCCO[C@@H]1C[C@H](O)[C@H](O)[C@H](C)O1. The highest BCUT2D eigenvalue weighted by Crippen LogP contribution is 2.20. The molecule has 0 saturated carbocycles. The van der Waals surface area contributed by atoms with Crippen molar-refractivity contribution >= 4 is 0 Å². The van der Waals surface area contributed by atoms with Crippen molar-refractivity contribution in [2.45, 2.75) is 57.7 Å². The van der Waals surface area contributed by atoms with E-state index in [1.54, 1.807) is 6.92 Å². The molecule has 1 rings (SSSR count). The number of aliphatic hydroxyl groups excluding tert-OH is 2. The van der Waals surface area contributed by atoms with E-state index in [0.29, 0.717) is 13.0 Å². The molecule has 84 valence electrons. The lowest BCUT2D eigenvalue weighted by atomic mass is 10.0. The second kappa shape index (κ2) is 5.66. The zero-order chi connectivity index (χ0) is 10.6. The number of rotatable bonds is 4. The molecule has 1 heterocycles. The lowest BCUT2D eigenvalue weighted by Crippen LogP contribution is -2.47. The molecular weight excluding hydrogens is 184 g/mol. The fourth-order valence-electron chi connectivity index (χ4n) is 1.49. The zero-order valence-electron chi connectivity index (χ0n) is 8.85. The van der Waals surface area contributed by atoms with E-state index in [-0.39, 0.29) is 12.4 Å². The number of hydrogen-bond acceptors (Lipinski definition) is 4. The number of hydrogen-bond donors (Lipinski definition) is 2. The fraction of sp³-hybridized carbons (Fsp3) is 1.00. The molecule has 0 aromatic heterocycles. The van der Waals surface area contributed by atoms with E-state index in [2.05, 4.69) is 6.92 Å². The summed E-state index contributed by atoms with van der Waals surface area (Å²) < 4.78 is 10.8. The van der Waals surface area contributed by atoms with Gasteiger partial charge < -0.3 is 19.7 Å². The Balaban J connectivity index is 2.27. The summed E-state index contributed by atoms with van der Waals surface area (Å²) in [5.41, 5.74) is 0. The molecule has 4 nitrogen and oxygen atoms in total. The van der Waals surface area contributed by atoms with Crippen LogP contribution < -0.4 is 0 Å². The Morgan fingerprint density at radius 3 is 2.71 bits per heavy atom. The molecule has 1 aliphatic heterocycles. The molecule has 1 aliphatic rings. The van der Waals surface area contributed by atoms with Crippen molar-refractivity contribution in [1.29, 1.82) is 0 Å². The van der Waals surface area contributed by atoms with Gasteiger partial charge in [0.15, 0.2) is 6.29 Å².